The lowest BCUT2D eigenvalue weighted by Gasteiger charge is -2.21. The summed E-state index contributed by atoms with van der Waals surface area (Å²) in [5.41, 5.74) is 2.72. The zero-order chi connectivity index (χ0) is 18.7. The molecule has 2 aromatic carbocycles. The van der Waals surface area contributed by atoms with E-state index >= 15 is 0 Å². The molecule has 0 bridgehead atoms. The number of carbonyl (C=O) groups excluding carboxylic acids is 1. The molecule has 0 radical (unpaired) electrons. The number of rotatable bonds is 5. The molecule has 5 nitrogen and oxygen atoms in total. The first kappa shape index (κ1) is 18.2. The van der Waals surface area contributed by atoms with Crippen molar-refractivity contribution in [2.24, 2.45) is 0 Å². The van der Waals surface area contributed by atoms with Crippen LogP contribution in [-0.4, -0.2) is 27.6 Å². The Morgan fingerprint density at radius 3 is 2.35 bits per heavy atom. The molecule has 7 heteroatoms. The van der Waals surface area contributed by atoms with Gasteiger partial charge in [0.15, 0.2) is 0 Å². The molecule has 0 unspecified atom stereocenters. The highest BCUT2D eigenvalue weighted by Crippen LogP contribution is 2.32. The Morgan fingerprint density at radius 2 is 1.73 bits per heavy atom. The predicted octanol–water partition coefficient (Wildman–Crippen LogP) is 4.06. The number of hydrogen-bond acceptors (Lipinski definition) is 4. The Labute approximate surface area is 157 Å². The number of anilines is 2. The van der Waals surface area contributed by atoms with Crippen LogP contribution in [0.3, 0.4) is 0 Å². The van der Waals surface area contributed by atoms with Crippen molar-refractivity contribution in [2.75, 3.05) is 22.9 Å². The second kappa shape index (κ2) is 7.31. The molecule has 0 saturated carbocycles. The number of nitrogens with one attached hydrogen (secondary N) is 1. The van der Waals surface area contributed by atoms with Crippen LogP contribution in [-0.2, 0) is 10.0 Å². The Bertz CT molecular complexity index is 1010. The van der Waals surface area contributed by atoms with Gasteiger partial charge in [-0.1, -0.05) is 42.5 Å². The summed E-state index contributed by atoms with van der Waals surface area (Å²) >= 11 is 1.33. The summed E-state index contributed by atoms with van der Waals surface area (Å²) in [5.74, 6) is -0.270. The zero-order valence-electron chi connectivity index (χ0n) is 14.3. The molecule has 1 amide bonds. The number of benzene rings is 2. The summed E-state index contributed by atoms with van der Waals surface area (Å²) in [7, 11) is -1.99. The third-order valence-electron chi connectivity index (χ3n) is 3.93. The number of nitrogens with zero attached hydrogens (tertiary/aromatic N) is 1. The molecule has 0 spiro atoms. The van der Waals surface area contributed by atoms with Gasteiger partial charge in [0.1, 0.15) is 0 Å². The first-order valence-electron chi connectivity index (χ1n) is 7.84. The number of thiophene rings is 1. The second-order valence-electron chi connectivity index (χ2n) is 5.76. The maximum Gasteiger partial charge on any atom is 0.265 e. The van der Waals surface area contributed by atoms with E-state index < -0.39 is 10.0 Å². The minimum Gasteiger partial charge on any atom is -0.319 e. The number of carbonyl (C=O) groups is 1. The highest BCUT2D eigenvalue weighted by atomic mass is 32.2. The summed E-state index contributed by atoms with van der Waals surface area (Å²) in [6.07, 6.45) is 1.13. The molecule has 134 valence electrons. The van der Waals surface area contributed by atoms with Gasteiger partial charge in [-0.25, -0.2) is 8.42 Å². The molecule has 26 heavy (non-hydrogen) atoms. The largest absolute Gasteiger partial charge is 0.319 e. The standard InChI is InChI=1S/C19H18N2O3S2/c1-21(26(2,23)24)17-11-10-15(14-7-4-3-5-8-14)13-16(17)20-19(22)18-9-6-12-25-18/h3-13H,1-2H3,(H,20,22). The van der Waals surface area contributed by atoms with Crippen molar-refractivity contribution in [2.45, 2.75) is 0 Å². The van der Waals surface area contributed by atoms with E-state index in [-0.39, 0.29) is 5.91 Å². The van der Waals surface area contributed by atoms with Gasteiger partial charge >= 0.3 is 0 Å². The van der Waals surface area contributed by atoms with Crippen LogP contribution in [0.2, 0.25) is 0 Å². The van der Waals surface area contributed by atoms with Gasteiger partial charge in [0.05, 0.1) is 22.5 Å². The summed E-state index contributed by atoms with van der Waals surface area (Å²) < 4.78 is 25.1. The van der Waals surface area contributed by atoms with Gasteiger partial charge in [0.25, 0.3) is 5.91 Å². The Balaban J connectivity index is 2.05. The lowest BCUT2D eigenvalue weighted by atomic mass is 10.0. The van der Waals surface area contributed by atoms with Gasteiger partial charge < -0.3 is 5.32 Å². The van der Waals surface area contributed by atoms with Crippen LogP contribution in [0.5, 0.6) is 0 Å². The topological polar surface area (TPSA) is 66.5 Å². The summed E-state index contributed by atoms with van der Waals surface area (Å²) in [4.78, 5) is 13.0. The smallest absolute Gasteiger partial charge is 0.265 e. The average Bonchev–Trinajstić information content (AvgIpc) is 3.16. The molecule has 0 aliphatic heterocycles. The van der Waals surface area contributed by atoms with E-state index in [9.17, 15) is 13.2 Å². The third-order valence-corrected chi connectivity index (χ3v) is 5.99. The quantitative estimate of drug-likeness (QED) is 0.719. The van der Waals surface area contributed by atoms with Crippen LogP contribution in [0.1, 0.15) is 9.67 Å². The fourth-order valence-electron chi connectivity index (χ4n) is 2.49. The minimum atomic E-state index is -3.46. The van der Waals surface area contributed by atoms with Gasteiger partial charge in [-0.15, -0.1) is 11.3 Å². The lowest BCUT2D eigenvalue weighted by Crippen LogP contribution is -2.26. The average molecular weight is 386 g/mol. The molecule has 1 aromatic heterocycles. The van der Waals surface area contributed by atoms with Crippen LogP contribution in [0.4, 0.5) is 11.4 Å². The Kier molecular flexibility index (Phi) is 5.11. The molecular formula is C19H18N2O3S2. The molecule has 0 aliphatic carbocycles. The van der Waals surface area contributed by atoms with E-state index in [4.69, 9.17) is 0 Å². The zero-order valence-corrected chi connectivity index (χ0v) is 16.0. The van der Waals surface area contributed by atoms with Crippen molar-refractivity contribution in [3.8, 4) is 11.1 Å². The third kappa shape index (κ3) is 3.95. The fraction of sp³-hybridized carbons (Fsp3) is 0.105. The highest BCUT2D eigenvalue weighted by Gasteiger charge is 2.19. The van der Waals surface area contributed by atoms with Gasteiger partial charge in [0, 0.05) is 7.05 Å². The minimum absolute atomic E-state index is 0.270. The number of sulfonamides is 1. The summed E-state index contributed by atoms with van der Waals surface area (Å²) in [6.45, 7) is 0. The maximum absolute atomic E-state index is 12.5. The molecule has 0 saturated heterocycles. The molecule has 1 N–H and O–H groups in total. The van der Waals surface area contributed by atoms with Crippen LogP contribution in [0.15, 0.2) is 66.0 Å². The monoisotopic (exact) mass is 386 g/mol. The maximum atomic E-state index is 12.5. The van der Waals surface area contributed by atoms with Gasteiger partial charge in [0.2, 0.25) is 10.0 Å². The fourth-order valence-corrected chi connectivity index (χ4v) is 3.63. The van der Waals surface area contributed by atoms with Gasteiger partial charge in [-0.05, 0) is 34.7 Å². The van der Waals surface area contributed by atoms with Crippen LogP contribution in [0, 0.1) is 0 Å². The molecule has 3 rings (SSSR count). The molecular weight excluding hydrogens is 368 g/mol. The highest BCUT2D eigenvalue weighted by molar-refractivity contribution is 7.92. The SMILES string of the molecule is CN(c1ccc(-c2ccccc2)cc1NC(=O)c1cccs1)S(C)(=O)=O. The van der Waals surface area contributed by atoms with E-state index in [1.54, 1.807) is 24.3 Å². The Morgan fingerprint density at radius 1 is 1.00 bits per heavy atom. The summed E-state index contributed by atoms with van der Waals surface area (Å²) in [5, 5.41) is 4.66. The first-order valence-corrected chi connectivity index (χ1v) is 10.6. The normalized spacial score (nSPS) is 11.2. The van der Waals surface area contributed by atoms with Crippen molar-refractivity contribution >= 4 is 38.6 Å². The number of hydrogen-bond donors (Lipinski definition) is 1. The van der Waals surface area contributed by atoms with Gasteiger partial charge in [-0.2, -0.15) is 0 Å². The van der Waals surface area contributed by atoms with Crippen LogP contribution < -0.4 is 9.62 Å². The lowest BCUT2D eigenvalue weighted by molar-refractivity contribution is 0.103. The van der Waals surface area contributed by atoms with E-state index in [0.717, 1.165) is 21.7 Å². The molecule has 1 heterocycles. The van der Waals surface area contributed by atoms with Gasteiger partial charge in [-0.3, -0.25) is 9.10 Å². The van der Waals surface area contributed by atoms with Crippen molar-refractivity contribution < 1.29 is 13.2 Å². The first-order chi connectivity index (χ1) is 12.4. The van der Waals surface area contributed by atoms with Crippen molar-refractivity contribution in [1.29, 1.82) is 0 Å². The van der Waals surface area contributed by atoms with Crippen LogP contribution in [0.25, 0.3) is 11.1 Å². The predicted molar refractivity (Wildman–Crippen MR) is 107 cm³/mol. The molecule has 0 aliphatic rings. The van der Waals surface area contributed by atoms with Crippen molar-refractivity contribution in [3.05, 3.63) is 70.9 Å². The summed E-state index contributed by atoms with van der Waals surface area (Å²) in [6, 6.07) is 18.5. The van der Waals surface area contributed by atoms with Crippen LogP contribution >= 0.6 is 11.3 Å². The van der Waals surface area contributed by atoms with E-state index in [0.29, 0.717) is 16.3 Å². The van der Waals surface area contributed by atoms with E-state index in [1.165, 1.54) is 18.4 Å². The van der Waals surface area contributed by atoms with E-state index in [2.05, 4.69) is 5.32 Å². The van der Waals surface area contributed by atoms with E-state index in [1.807, 2.05) is 41.8 Å². The second-order valence-corrected chi connectivity index (χ2v) is 8.72. The molecule has 0 fully saturated rings. The number of amides is 1. The van der Waals surface area contributed by atoms with Crippen molar-refractivity contribution in [3.63, 3.8) is 0 Å². The Hall–Kier alpha value is -2.64. The molecule has 0 atom stereocenters. The molecule has 3 aromatic rings. The van der Waals surface area contributed by atoms with Crippen molar-refractivity contribution in [1.82, 2.24) is 0 Å².